The van der Waals surface area contributed by atoms with Crippen LogP contribution in [-0.4, -0.2) is 20.2 Å². The molecule has 1 amide bonds. The van der Waals surface area contributed by atoms with Gasteiger partial charge in [0.25, 0.3) is 0 Å². The molecule has 0 fully saturated rings. The molecule has 0 aromatic rings. The smallest absolute Gasteiger partial charge is 0.310 e. The van der Waals surface area contributed by atoms with Crippen LogP contribution in [0.5, 0.6) is 0 Å². The summed E-state index contributed by atoms with van der Waals surface area (Å²) >= 11 is 0. The summed E-state index contributed by atoms with van der Waals surface area (Å²) in [6.45, 7) is 1.36. The van der Waals surface area contributed by atoms with Gasteiger partial charge in [-0.3, -0.25) is 4.79 Å². The summed E-state index contributed by atoms with van der Waals surface area (Å²) in [6, 6.07) is 0. The second-order valence-corrected chi connectivity index (χ2v) is 2.55. The molecule has 0 aromatic carbocycles. The lowest BCUT2D eigenvalue weighted by atomic mass is 10.8. The second kappa shape index (κ2) is 3.43. The van der Waals surface area contributed by atoms with Crippen LogP contribution < -0.4 is 5.32 Å². The summed E-state index contributed by atoms with van der Waals surface area (Å²) in [5, 5.41) is 1.14. The molecular formula is C3H6NO3S. The van der Waals surface area contributed by atoms with E-state index in [9.17, 15) is 13.2 Å². The summed E-state index contributed by atoms with van der Waals surface area (Å²) < 4.78 is 19.8. The van der Waals surface area contributed by atoms with Crippen molar-refractivity contribution in [3.05, 3.63) is 0 Å². The van der Waals surface area contributed by atoms with Gasteiger partial charge in [0.15, 0.2) is 10.7 Å². The molecule has 0 aromatic heterocycles. The molecule has 0 rings (SSSR count). The minimum absolute atomic E-state index is 0.803. The molecule has 47 valence electrons. The van der Waals surface area contributed by atoms with Crippen molar-refractivity contribution < 1.29 is 13.2 Å². The fraction of sp³-hybridized carbons (Fsp3) is 0.667. The van der Waals surface area contributed by atoms with Gasteiger partial charge in [-0.05, 0) is 6.92 Å². The minimum Gasteiger partial charge on any atom is -0.332 e. The molecule has 0 heterocycles. The van der Waals surface area contributed by atoms with Gasteiger partial charge in [0.2, 0.25) is 0 Å². The van der Waals surface area contributed by atoms with Crippen molar-refractivity contribution >= 4 is 17.1 Å². The summed E-state index contributed by atoms with van der Waals surface area (Å²) in [4.78, 5) is 9.42. The van der Waals surface area contributed by atoms with Gasteiger partial charge in [-0.2, -0.15) is 0 Å². The first-order chi connectivity index (χ1) is 3.68. The Morgan fingerprint density at radius 2 is 2.12 bits per heavy atom. The van der Waals surface area contributed by atoms with Crippen LogP contribution in [0.3, 0.4) is 0 Å². The molecule has 1 radical (unpaired) electrons. The number of rotatable bonds is 3. The fourth-order valence-electron chi connectivity index (χ4n) is 0.138. The maximum Gasteiger partial charge on any atom is 0.310 e. The molecule has 0 aliphatic rings. The minimum atomic E-state index is -2.54. The number of hydrogen-bond donors (Lipinski definition) is 2. The lowest BCUT2D eigenvalue weighted by molar-refractivity contribution is 0.536. The third-order valence-electron chi connectivity index (χ3n) is 0.584. The maximum absolute atomic E-state index is 9.88. The van der Waals surface area contributed by atoms with Gasteiger partial charge in [-0.1, -0.05) is 0 Å². The first-order valence-corrected chi connectivity index (χ1v) is 3.19. The van der Waals surface area contributed by atoms with E-state index in [-0.39, 0.29) is 0 Å². The molecule has 5 heteroatoms. The Balaban J connectivity index is 3.64. The highest BCUT2D eigenvalue weighted by atomic mass is 32.2. The van der Waals surface area contributed by atoms with Crippen molar-refractivity contribution in [2.45, 2.75) is 12.3 Å². The Morgan fingerprint density at radius 1 is 1.62 bits per heavy atom. The summed E-state index contributed by atoms with van der Waals surface area (Å²) in [6.07, 6.45) is 1.27. The molecule has 0 aliphatic heterocycles. The molecular weight excluding hydrogens is 130 g/mol. The molecule has 4 nitrogen and oxygen atoms in total. The third kappa shape index (κ3) is 2.57. The topological polar surface area (TPSA) is 63.2 Å². The van der Waals surface area contributed by atoms with Gasteiger partial charge < -0.3 is 5.32 Å². The van der Waals surface area contributed by atoms with Gasteiger partial charge in [-0.25, -0.2) is 8.42 Å². The normalized spacial score (nSPS) is 13.2. The zero-order valence-electron chi connectivity index (χ0n) is 4.25. The van der Waals surface area contributed by atoms with E-state index in [1.807, 2.05) is 5.32 Å². The zero-order valence-corrected chi connectivity index (χ0v) is 5.14. The van der Waals surface area contributed by atoms with Crippen LogP contribution in [0.4, 0.5) is 0 Å². The van der Waals surface area contributed by atoms with Gasteiger partial charge in [0, 0.05) is 0 Å². The van der Waals surface area contributed by atoms with Crippen LogP contribution in [0.15, 0.2) is 0 Å². The number of hydrogen-bond acceptors (Lipinski definition) is 3. The first kappa shape index (κ1) is 7.42. The molecule has 8 heavy (non-hydrogen) atoms. The van der Waals surface area contributed by atoms with Crippen molar-refractivity contribution in [2.24, 2.45) is 0 Å². The van der Waals surface area contributed by atoms with Crippen molar-refractivity contribution in [1.29, 1.82) is 0 Å². The highest BCUT2D eigenvalue weighted by Gasteiger charge is 1.98. The molecule has 1 atom stereocenters. The van der Waals surface area contributed by atoms with Crippen LogP contribution in [0, 0.1) is 0 Å². The van der Waals surface area contributed by atoms with E-state index in [0.717, 1.165) is 0 Å². The van der Waals surface area contributed by atoms with E-state index in [0.29, 0.717) is 0 Å². The molecule has 0 aliphatic carbocycles. The predicted octanol–water partition coefficient (Wildman–Crippen LogP) is -1.40. The van der Waals surface area contributed by atoms with E-state index in [1.165, 1.54) is 13.3 Å². The predicted molar refractivity (Wildman–Crippen MR) is 28.6 cm³/mol. The second-order valence-electron chi connectivity index (χ2n) is 1.21. The van der Waals surface area contributed by atoms with Gasteiger partial charge in [0.05, 0.1) is 0 Å². The number of nitrogens with one attached hydrogen (secondary N) is 1. The van der Waals surface area contributed by atoms with Crippen LogP contribution in [0.1, 0.15) is 6.92 Å². The Bertz CT molecular complexity index is 133. The van der Waals surface area contributed by atoms with Crippen molar-refractivity contribution in [3.8, 4) is 0 Å². The molecule has 0 saturated heterocycles. The zero-order chi connectivity index (χ0) is 6.57. The number of amides is 1. The molecule has 1 N–H and O–H groups in total. The van der Waals surface area contributed by atoms with Gasteiger partial charge >= 0.3 is 6.41 Å². The van der Waals surface area contributed by atoms with Crippen LogP contribution in [0.2, 0.25) is 0 Å². The number of thiol groups is 1. The van der Waals surface area contributed by atoms with E-state index in [4.69, 9.17) is 0 Å². The highest BCUT2D eigenvalue weighted by Crippen LogP contribution is 1.75. The maximum atomic E-state index is 9.88. The quantitative estimate of drug-likeness (QED) is 0.370. The summed E-state index contributed by atoms with van der Waals surface area (Å²) in [5.74, 6) is 0. The fourth-order valence-corrected chi connectivity index (χ4v) is 0.296. The Labute approximate surface area is 48.8 Å². The van der Waals surface area contributed by atoms with Crippen molar-refractivity contribution in [3.63, 3.8) is 0 Å². The summed E-state index contributed by atoms with van der Waals surface area (Å²) in [7, 11) is -2.54. The lowest BCUT2D eigenvalue weighted by Gasteiger charge is -1.95. The van der Waals surface area contributed by atoms with Gasteiger partial charge in [-0.15, -0.1) is 0 Å². The van der Waals surface area contributed by atoms with Crippen molar-refractivity contribution in [1.82, 2.24) is 5.32 Å². The van der Waals surface area contributed by atoms with E-state index in [1.54, 1.807) is 0 Å². The molecule has 0 spiro atoms. The molecule has 0 bridgehead atoms. The standard InChI is InChI=1S/C3H6NO3S/c1-3(4-2-5)8(6)7/h3,8H,1H3,(H,4,5). The van der Waals surface area contributed by atoms with Crippen LogP contribution in [0.25, 0.3) is 0 Å². The van der Waals surface area contributed by atoms with Gasteiger partial charge in [0.1, 0.15) is 5.37 Å². The third-order valence-corrected chi connectivity index (χ3v) is 1.35. The van der Waals surface area contributed by atoms with Crippen LogP contribution >= 0.6 is 0 Å². The highest BCUT2D eigenvalue weighted by molar-refractivity contribution is 7.73. The number of carbonyl (C=O) groups excluding carboxylic acids is 1. The first-order valence-electron chi connectivity index (χ1n) is 1.94. The average Bonchev–Trinajstić information content (AvgIpc) is 1.67. The lowest BCUT2D eigenvalue weighted by Crippen LogP contribution is -2.25. The summed E-state index contributed by atoms with van der Waals surface area (Å²) in [5.41, 5.74) is 0. The Hall–Kier alpha value is -0.580. The average molecular weight is 136 g/mol. The SMILES string of the molecule is CC(N[C]=O)[SH](=O)=O. The molecule has 1 unspecified atom stereocenters. The Morgan fingerprint density at radius 3 is 2.25 bits per heavy atom. The Kier molecular flexibility index (Phi) is 3.18. The van der Waals surface area contributed by atoms with Crippen LogP contribution in [-0.2, 0) is 15.5 Å². The van der Waals surface area contributed by atoms with Crippen molar-refractivity contribution in [2.75, 3.05) is 0 Å². The van der Waals surface area contributed by atoms with E-state index < -0.39 is 16.1 Å². The molecule has 0 saturated carbocycles. The van der Waals surface area contributed by atoms with E-state index >= 15 is 0 Å². The van der Waals surface area contributed by atoms with E-state index in [2.05, 4.69) is 0 Å². The monoisotopic (exact) mass is 136 g/mol. The largest absolute Gasteiger partial charge is 0.332 e.